The molecule has 0 bridgehead atoms. The molecule has 7 nitrogen and oxygen atoms in total. The predicted molar refractivity (Wildman–Crippen MR) is 122 cm³/mol. The largest absolute Gasteiger partial charge is 0.496 e. The quantitative estimate of drug-likeness (QED) is 0.766. The third-order valence-electron chi connectivity index (χ3n) is 5.50. The summed E-state index contributed by atoms with van der Waals surface area (Å²) in [4.78, 5) is 26.5. The Labute approximate surface area is 190 Å². The number of hydrogen-bond acceptors (Lipinski definition) is 6. The average Bonchev–Trinajstić information content (AvgIpc) is 2.79. The Morgan fingerprint density at radius 1 is 1.10 bits per heavy atom. The van der Waals surface area contributed by atoms with Crippen molar-refractivity contribution in [1.82, 2.24) is 20.2 Å². The Kier molecular flexibility index (Phi) is 9.14. The van der Waals surface area contributed by atoms with Gasteiger partial charge in [-0.1, -0.05) is 18.2 Å². The molecule has 3 heterocycles. The number of ether oxygens (including phenoxy) is 1. The maximum atomic E-state index is 13.4. The van der Waals surface area contributed by atoms with Crippen LogP contribution in [0.2, 0.25) is 0 Å². The van der Waals surface area contributed by atoms with Crippen LogP contribution >= 0.6 is 24.8 Å². The molecule has 2 fully saturated rings. The van der Waals surface area contributed by atoms with Crippen molar-refractivity contribution >= 4 is 36.7 Å². The smallest absolute Gasteiger partial charge is 0.273 e. The van der Waals surface area contributed by atoms with Gasteiger partial charge in [0, 0.05) is 44.5 Å². The van der Waals surface area contributed by atoms with Crippen LogP contribution in [0.3, 0.4) is 0 Å². The lowest BCUT2D eigenvalue weighted by Crippen LogP contribution is -2.49. The van der Waals surface area contributed by atoms with Crippen molar-refractivity contribution in [1.29, 1.82) is 0 Å². The van der Waals surface area contributed by atoms with Crippen molar-refractivity contribution in [2.24, 2.45) is 0 Å². The molecule has 0 aliphatic carbocycles. The third kappa shape index (κ3) is 5.14. The second kappa shape index (κ2) is 11.3. The van der Waals surface area contributed by atoms with Gasteiger partial charge in [0.15, 0.2) is 0 Å². The topological polar surface area (TPSA) is 70.6 Å². The molecule has 30 heavy (non-hydrogen) atoms. The molecule has 1 aromatic carbocycles. The van der Waals surface area contributed by atoms with E-state index in [0.717, 1.165) is 43.8 Å². The lowest BCUT2D eigenvalue weighted by molar-refractivity contribution is 0.0625. The molecule has 1 N–H and O–H groups in total. The van der Waals surface area contributed by atoms with Gasteiger partial charge in [-0.15, -0.1) is 24.8 Å². The number of piperazine rings is 1. The Bertz CT molecular complexity index is 833. The standard InChI is InChI=1S/C21H27N5O2.2ClH/c1-28-19-8-4-3-7-16(19)18-15-22-11-14-26(18)20(27)17-9-10-23-21(24-17)25-12-5-2-6-13-25;;/h3-4,7-10,18,22H,2,5-6,11-15H2,1H3;2*1H. The lowest BCUT2D eigenvalue weighted by Gasteiger charge is -2.37. The minimum atomic E-state index is -0.0919. The molecule has 2 aliphatic heterocycles. The van der Waals surface area contributed by atoms with E-state index in [0.29, 0.717) is 24.7 Å². The molecule has 0 saturated carbocycles. The molecule has 0 radical (unpaired) electrons. The third-order valence-corrected chi connectivity index (χ3v) is 5.50. The van der Waals surface area contributed by atoms with Crippen LogP contribution in [0.5, 0.6) is 5.75 Å². The van der Waals surface area contributed by atoms with Gasteiger partial charge >= 0.3 is 0 Å². The van der Waals surface area contributed by atoms with Crippen molar-refractivity contribution in [3.63, 3.8) is 0 Å². The van der Waals surface area contributed by atoms with Gasteiger partial charge in [-0.05, 0) is 31.4 Å². The summed E-state index contributed by atoms with van der Waals surface area (Å²) in [6.07, 6.45) is 5.24. The molecule has 2 saturated heterocycles. The maximum absolute atomic E-state index is 13.4. The van der Waals surface area contributed by atoms with Gasteiger partial charge < -0.3 is 19.9 Å². The van der Waals surface area contributed by atoms with Crippen LogP contribution < -0.4 is 15.0 Å². The van der Waals surface area contributed by atoms with E-state index in [9.17, 15) is 4.79 Å². The number of anilines is 1. The number of carbonyl (C=O) groups is 1. The maximum Gasteiger partial charge on any atom is 0.273 e. The van der Waals surface area contributed by atoms with E-state index in [4.69, 9.17) is 4.74 Å². The summed E-state index contributed by atoms with van der Waals surface area (Å²) in [5.74, 6) is 1.40. The summed E-state index contributed by atoms with van der Waals surface area (Å²) in [5, 5.41) is 3.39. The van der Waals surface area contributed by atoms with E-state index < -0.39 is 0 Å². The number of nitrogens with one attached hydrogen (secondary N) is 1. The van der Waals surface area contributed by atoms with Crippen LogP contribution in [0.1, 0.15) is 41.4 Å². The van der Waals surface area contributed by atoms with Gasteiger partial charge in [-0.25, -0.2) is 9.97 Å². The molecule has 1 aromatic heterocycles. The highest BCUT2D eigenvalue weighted by Gasteiger charge is 2.31. The van der Waals surface area contributed by atoms with Gasteiger partial charge in [0.05, 0.1) is 13.2 Å². The van der Waals surface area contributed by atoms with Crippen molar-refractivity contribution in [3.8, 4) is 5.75 Å². The summed E-state index contributed by atoms with van der Waals surface area (Å²) in [5.41, 5.74) is 1.47. The Morgan fingerprint density at radius 3 is 2.63 bits per heavy atom. The van der Waals surface area contributed by atoms with E-state index >= 15 is 0 Å². The van der Waals surface area contributed by atoms with E-state index in [2.05, 4.69) is 20.2 Å². The van der Waals surface area contributed by atoms with Gasteiger partial charge in [0.25, 0.3) is 5.91 Å². The first-order chi connectivity index (χ1) is 13.8. The molecule has 1 unspecified atom stereocenters. The molecule has 0 spiro atoms. The van der Waals surface area contributed by atoms with Crippen molar-refractivity contribution in [3.05, 3.63) is 47.8 Å². The van der Waals surface area contributed by atoms with Gasteiger partial charge in [-0.2, -0.15) is 0 Å². The van der Waals surface area contributed by atoms with Crippen LogP contribution in [0.4, 0.5) is 5.95 Å². The van der Waals surface area contributed by atoms with Crippen LogP contribution in [0, 0.1) is 0 Å². The summed E-state index contributed by atoms with van der Waals surface area (Å²) in [6.45, 7) is 3.99. The molecule has 164 valence electrons. The first kappa shape index (κ1) is 24.2. The number of amides is 1. The normalized spacial score (nSPS) is 18.8. The summed E-state index contributed by atoms with van der Waals surface area (Å²) in [6, 6.07) is 9.51. The number of nitrogens with zero attached hydrogens (tertiary/aromatic N) is 4. The summed E-state index contributed by atoms with van der Waals surface area (Å²) >= 11 is 0. The molecule has 1 atom stereocenters. The summed E-state index contributed by atoms with van der Waals surface area (Å²) in [7, 11) is 1.66. The fourth-order valence-corrected chi connectivity index (χ4v) is 4.03. The van der Waals surface area contributed by atoms with Crippen LogP contribution in [0.15, 0.2) is 36.5 Å². The first-order valence-electron chi connectivity index (χ1n) is 10.0. The number of halogens is 2. The van der Waals surface area contributed by atoms with E-state index in [1.807, 2.05) is 29.2 Å². The number of methoxy groups -OCH3 is 1. The highest BCUT2D eigenvalue weighted by Crippen LogP contribution is 2.31. The Morgan fingerprint density at radius 2 is 1.87 bits per heavy atom. The number of aromatic nitrogens is 2. The van der Waals surface area contributed by atoms with Gasteiger partial charge in [0.1, 0.15) is 11.4 Å². The van der Waals surface area contributed by atoms with E-state index in [-0.39, 0.29) is 36.8 Å². The number of rotatable bonds is 4. The zero-order chi connectivity index (χ0) is 19.3. The average molecular weight is 454 g/mol. The Hall–Kier alpha value is -2.09. The van der Waals surface area contributed by atoms with Crippen molar-refractivity contribution in [2.75, 3.05) is 44.7 Å². The van der Waals surface area contributed by atoms with Gasteiger partial charge in [0.2, 0.25) is 5.95 Å². The number of piperidine rings is 1. The van der Waals surface area contributed by atoms with Gasteiger partial charge in [-0.3, -0.25) is 4.79 Å². The lowest BCUT2D eigenvalue weighted by atomic mass is 10.0. The minimum Gasteiger partial charge on any atom is -0.496 e. The van der Waals surface area contributed by atoms with Crippen LogP contribution in [0.25, 0.3) is 0 Å². The number of benzene rings is 1. The number of hydrogen-bond donors (Lipinski definition) is 1. The summed E-state index contributed by atoms with van der Waals surface area (Å²) < 4.78 is 5.53. The number of carbonyl (C=O) groups excluding carboxylic acids is 1. The zero-order valence-electron chi connectivity index (χ0n) is 17.1. The van der Waals surface area contributed by atoms with Crippen LogP contribution in [-0.4, -0.2) is 60.6 Å². The molecule has 2 aromatic rings. The molecule has 2 aliphatic rings. The molecule has 1 amide bonds. The minimum absolute atomic E-state index is 0. The SMILES string of the molecule is COc1ccccc1C1CNCCN1C(=O)c1ccnc(N2CCCCC2)n1.Cl.Cl. The fraction of sp³-hybridized carbons (Fsp3) is 0.476. The van der Waals surface area contributed by atoms with E-state index in [1.54, 1.807) is 19.4 Å². The first-order valence-corrected chi connectivity index (χ1v) is 10.0. The highest BCUT2D eigenvalue weighted by molar-refractivity contribution is 5.93. The second-order valence-electron chi connectivity index (χ2n) is 7.25. The zero-order valence-corrected chi connectivity index (χ0v) is 18.8. The van der Waals surface area contributed by atoms with E-state index in [1.165, 1.54) is 6.42 Å². The van der Waals surface area contributed by atoms with Crippen molar-refractivity contribution < 1.29 is 9.53 Å². The monoisotopic (exact) mass is 453 g/mol. The highest BCUT2D eigenvalue weighted by atomic mass is 35.5. The van der Waals surface area contributed by atoms with Crippen molar-refractivity contribution in [2.45, 2.75) is 25.3 Å². The molecule has 9 heteroatoms. The number of para-hydroxylation sites is 1. The molecule has 4 rings (SSSR count). The fourth-order valence-electron chi connectivity index (χ4n) is 4.03. The molecular formula is C21H29Cl2N5O2. The predicted octanol–water partition coefficient (Wildman–Crippen LogP) is 3.11. The second-order valence-corrected chi connectivity index (χ2v) is 7.25. The van der Waals surface area contributed by atoms with Crippen LogP contribution in [-0.2, 0) is 0 Å². The Balaban J connectivity index is 0.00000160. The molecular weight excluding hydrogens is 425 g/mol.